The van der Waals surface area contributed by atoms with Crippen molar-refractivity contribution in [3.63, 3.8) is 0 Å². The molecule has 0 bridgehead atoms. The van der Waals surface area contributed by atoms with Gasteiger partial charge in [0.05, 0.1) is 5.56 Å². The van der Waals surface area contributed by atoms with E-state index in [4.69, 9.17) is 4.74 Å². The van der Waals surface area contributed by atoms with Crippen molar-refractivity contribution in [3.8, 4) is 17.9 Å². The van der Waals surface area contributed by atoms with Crippen LogP contribution in [0.25, 0.3) is 16.8 Å². The first kappa shape index (κ1) is 23.4. The first-order valence-corrected chi connectivity index (χ1v) is 12.7. The topological polar surface area (TPSA) is 85.9 Å². The lowest BCUT2D eigenvalue weighted by Gasteiger charge is -2.13. The predicted molar refractivity (Wildman–Crippen MR) is 143 cm³/mol. The smallest absolute Gasteiger partial charge is 0.266 e. The number of fused-ring (bicyclic) bond motifs is 2. The highest BCUT2D eigenvalue weighted by Crippen LogP contribution is 2.38. The average Bonchev–Trinajstić information content (AvgIpc) is 3.28. The number of thiophene rings is 1. The Hall–Kier alpha value is -4.39. The molecule has 36 heavy (non-hydrogen) atoms. The lowest BCUT2D eigenvalue weighted by atomic mass is 9.96. The molecule has 176 valence electrons. The van der Waals surface area contributed by atoms with E-state index in [0.29, 0.717) is 28.5 Å². The van der Waals surface area contributed by atoms with Crippen LogP contribution in [0.2, 0.25) is 0 Å². The third-order valence-corrected chi connectivity index (χ3v) is 7.54. The van der Waals surface area contributed by atoms with Gasteiger partial charge in [-0.3, -0.25) is 4.79 Å². The molecule has 1 aromatic heterocycles. The maximum atomic E-state index is 13.2. The SMILES string of the molecule is N#C/C(=C\c1c(OCc2ccccc2)ccc2ccccc12)C(=O)Nc1sc2c(c1C#N)CCCC2. The minimum absolute atomic E-state index is 0.0498. The number of carbonyl (C=O) groups excluding carboxylic acids is 1. The molecule has 5 rings (SSSR count). The largest absolute Gasteiger partial charge is 0.488 e. The number of nitrogens with zero attached hydrogens (tertiary/aromatic N) is 2. The minimum Gasteiger partial charge on any atom is -0.488 e. The number of anilines is 1. The Morgan fingerprint density at radius 2 is 1.78 bits per heavy atom. The lowest BCUT2D eigenvalue weighted by Crippen LogP contribution is -2.13. The summed E-state index contributed by atoms with van der Waals surface area (Å²) in [4.78, 5) is 14.4. The fourth-order valence-corrected chi connectivity index (χ4v) is 5.76. The van der Waals surface area contributed by atoms with E-state index in [1.54, 1.807) is 6.08 Å². The molecule has 0 radical (unpaired) electrons. The Labute approximate surface area is 213 Å². The Morgan fingerprint density at radius 3 is 2.58 bits per heavy atom. The molecule has 0 unspecified atom stereocenters. The van der Waals surface area contributed by atoms with Crippen molar-refractivity contribution in [2.75, 3.05) is 5.32 Å². The third kappa shape index (κ3) is 4.73. The minimum atomic E-state index is -0.533. The highest BCUT2D eigenvalue weighted by Gasteiger charge is 2.23. The molecule has 1 N–H and O–H groups in total. The van der Waals surface area contributed by atoms with Crippen LogP contribution in [0.1, 0.15) is 40.0 Å². The monoisotopic (exact) mass is 489 g/mol. The Morgan fingerprint density at radius 1 is 1.00 bits per heavy atom. The van der Waals surface area contributed by atoms with Crippen molar-refractivity contribution in [1.82, 2.24) is 0 Å². The molecule has 1 heterocycles. The van der Waals surface area contributed by atoms with Gasteiger partial charge in [0.15, 0.2) is 0 Å². The van der Waals surface area contributed by atoms with E-state index < -0.39 is 5.91 Å². The number of hydrogen-bond acceptors (Lipinski definition) is 5. The van der Waals surface area contributed by atoms with Gasteiger partial charge in [0, 0.05) is 10.4 Å². The van der Waals surface area contributed by atoms with Gasteiger partial charge in [-0.05, 0) is 59.7 Å². The molecule has 5 nitrogen and oxygen atoms in total. The van der Waals surface area contributed by atoms with Crippen molar-refractivity contribution in [2.24, 2.45) is 0 Å². The Bertz CT molecular complexity index is 1560. The number of ether oxygens (including phenoxy) is 1. The number of aryl methyl sites for hydroxylation is 1. The summed E-state index contributed by atoms with van der Waals surface area (Å²) in [7, 11) is 0. The second kappa shape index (κ2) is 10.5. The first-order chi connectivity index (χ1) is 17.7. The van der Waals surface area contributed by atoms with Gasteiger partial charge in [-0.1, -0.05) is 60.7 Å². The second-order valence-corrected chi connectivity index (χ2v) is 9.73. The molecule has 0 spiro atoms. The fraction of sp³-hybridized carbons (Fsp3) is 0.167. The standard InChI is InChI=1S/C30H23N3O2S/c31-17-22(29(34)33-30-26(18-32)24-12-6-7-13-28(24)36-30)16-25-23-11-5-4-10-21(23)14-15-27(25)35-19-20-8-2-1-3-9-20/h1-5,8-11,14-16H,6-7,12-13,19H2,(H,33,34)/b22-16+. The van der Waals surface area contributed by atoms with Crippen molar-refractivity contribution in [3.05, 3.63) is 99.4 Å². The number of amides is 1. The van der Waals surface area contributed by atoms with Crippen LogP contribution >= 0.6 is 11.3 Å². The van der Waals surface area contributed by atoms with Crippen molar-refractivity contribution in [1.29, 1.82) is 10.5 Å². The van der Waals surface area contributed by atoms with E-state index in [-0.39, 0.29) is 5.57 Å². The van der Waals surface area contributed by atoms with Crippen LogP contribution in [0.5, 0.6) is 5.75 Å². The molecule has 1 amide bonds. The van der Waals surface area contributed by atoms with Gasteiger partial charge in [0.1, 0.15) is 35.1 Å². The summed E-state index contributed by atoms with van der Waals surface area (Å²) in [5.41, 5.74) is 3.20. The molecule has 0 fully saturated rings. The van der Waals surface area contributed by atoms with Crippen LogP contribution in [0.4, 0.5) is 5.00 Å². The highest BCUT2D eigenvalue weighted by atomic mass is 32.1. The summed E-state index contributed by atoms with van der Waals surface area (Å²) in [5, 5.41) is 24.9. The Balaban J connectivity index is 1.50. The molecular formula is C30H23N3O2S. The van der Waals surface area contributed by atoms with Gasteiger partial charge in [-0.25, -0.2) is 0 Å². The average molecular weight is 490 g/mol. The molecule has 3 aromatic carbocycles. The van der Waals surface area contributed by atoms with E-state index in [1.165, 1.54) is 11.3 Å². The van der Waals surface area contributed by atoms with Crippen LogP contribution in [0.3, 0.4) is 0 Å². The number of nitrogens with one attached hydrogen (secondary N) is 1. The van der Waals surface area contributed by atoms with Gasteiger partial charge in [-0.15, -0.1) is 11.3 Å². The molecule has 4 aromatic rings. The number of hydrogen-bond donors (Lipinski definition) is 1. The van der Waals surface area contributed by atoms with Crippen LogP contribution in [-0.4, -0.2) is 5.91 Å². The lowest BCUT2D eigenvalue weighted by molar-refractivity contribution is -0.112. The maximum Gasteiger partial charge on any atom is 0.266 e. The molecule has 0 atom stereocenters. The van der Waals surface area contributed by atoms with Crippen LogP contribution in [0.15, 0.2) is 72.3 Å². The van der Waals surface area contributed by atoms with E-state index >= 15 is 0 Å². The predicted octanol–water partition coefficient (Wildman–Crippen LogP) is 6.78. The summed E-state index contributed by atoms with van der Waals surface area (Å²) >= 11 is 1.44. The van der Waals surface area contributed by atoms with Gasteiger partial charge in [0.2, 0.25) is 0 Å². The quantitative estimate of drug-likeness (QED) is 0.239. The normalized spacial score (nSPS) is 12.9. The number of rotatable bonds is 6. The molecule has 0 aliphatic heterocycles. The third-order valence-electron chi connectivity index (χ3n) is 6.33. The number of nitriles is 2. The number of carbonyl (C=O) groups is 1. The molecule has 0 saturated heterocycles. The fourth-order valence-electron chi connectivity index (χ4n) is 4.52. The van der Waals surface area contributed by atoms with Crippen molar-refractivity contribution in [2.45, 2.75) is 32.3 Å². The van der Waals surface area contributed by atoms with Gasteiger partial charge >= 0.3 is 0 Å². The van der Waals surface area contributed by atoms with Crippen molar-refractivity contribution < 1.29 is 9.53 Å². The zero-order valence-electron chi connectivity index (χ0n) is 19.6. The molecule has 1 aliphatic carbocycles. The van der Waals surface area contributed by atoms with E-state index in [2.05, 4.69) is 17.5 Å². The highest BCUT2D eigenvalue weighted by molar-refractivity contribution is 7.16. The van der Waals surface area contributed by atoms with Gasteiger partial charge in [0.25, 0.3) is 5.91 Å². The zero-order valence-corrected chi connectivity index (χ0v) is 20.4. The van der Waals surface area contributed by atoms with Gasteiger partial charge in [-0.2, -0.15) is 10.5 Å². The molecule has 1 aliphatic rings. The summed E-state index contributed by atoms with van der Waals surface area (Å²) in [5.74, 6) is 0.0527. The summed E-state index contributed by atoms with van der Waals surface area (Å²) in [6, 6.07) is 25.8. The van der Waals surface area contributed by atoms with Crippen LogP contribution in [0, 0.1) is 22.7 Å². The molecular weight excluding hydrogens is 466 g/mol. The summed E-state index contributed by atoms with van der Waals surface area (Å²) in [6.45, 7) is 0.361. The number of benzene rings is 3. The van der Waals surface area contributed by atoms with Crippen molar-refractivity contribution >= 4 is 39.1 Å². The van der Waals surface area contributed by atoms with E-state index in [9.17, 15) is 15.3 Å². The molecule has 0 saturated carbocycles. The van der Waals surface area contributed by atoms with E-state index in [0.717, 1.165) is 52.5 Å². The van der Waals surface area contributed by atoms with E-state index in [1.807, 2.05) is 66.7 Å². The zero-order chi connectivity index (χ0) is 24.9. The second-order valence-electron chi connectivity index (χ2n) is 8.62. The van der Waals surface area contributed by atoms with Crippen LogP contribution in [-0.2, 0) is 24.2 Å². The Kier molecular flexibility index (Phi) is 6.80. The van der Waals surface area contributed by atoms with Crippen LogP contribution < -0.4 is 10.1 Å². The summed E-state index contributed by atoms with van der Waals surface area (Å²) in [6.07, 6.45) is 5.48. The first-order valence-electron chi connectivity index (χ1n) is 11.8. The molecule has 6 heteroatoms. The summed E-state index contributed by atoms with van der Waals surface area (Å²) < 4.78 is 6.14. The maximum absolute atomic E-state index is 13.2. The van der Waals surface area contributed by atoms with Gasteiger partial charge < -0.3 is 10.1 Å².